The Kier molecular flexibility index (Phi) is 5.18. The number of methoxy groups -OCH3 is 1. The van der Waals surface area contributed by atoms with Crippen molar-refractivity contribution in [2.45, 2.75) is 32.7 Å². The summed E-state index contributed by atoms with van der Waals surface area (Å²) in [5, 5.41) is 12.7. The van der Waals surface area contributed by atoms with Gasteiger partial charge in [-0.05, 0) is 31.0 Å². The minimum Gasteiger partial charge on any atom is -0.496 e. The largest absolute Gasteiger partial charge is 0.496 e. The van der Waals surface area contributed by atoms with Gasteiger partial charge in [-0.1, -0.05) is 32.0 Å². The van der Waals surface area contributed by atoms with Gasteiger partial charge in [0.25, 0.3) is 0 Å². The molecule has 1 atom stereocenters. The molecule has 1 N–H and O–H groups in total. The van der Waals surface area contributed by atoms with E-state index in [2.05, 4.69) is 25.2 Å². The van der Waals surface area contributed by atoms with E-state index in [0.717, 1.165) is 17.9 Å². The van der Waals surface area contributed by atoms with Crippen LogP contribution in [0.4, 0.5) is 0 Å². The van der Waals surface area contributed by atoms with Gasteiger partial charge in [0.1, 0.15) is 11.3 Å². The maximum absolute atomic E-state index is 9.37. The van der Waals surface area contributed by atoms with Gasteiger partial charge >= 0.3 is 0 Å². The number of nitriles is 1. The predicted octanol–water partition coefficient (Wildman–Crippen LogP) is 2.77. The van der Waals surface area contributed by atoms with Crippen LogP contribution in [0.2, 0.25) is 0 Å². The van der Waals surface area contributed by atoms with E-state index in [1.54, 1.807) is 7.11 Å². The summed E-state index contributed by atoms with van der Waals surface area (Å²) in [6.45, 7) is 7.03. The van der Waals surface area contributed by atoms with E-state index in [1.165, 1.54) is 0 Å². The van der Waals surface area contributed by atoms with Gasteiger partial charge in [-0.15, -0.1) is 0 Å². The van der Waals surface area contributed by atoms with Crippen LogP contribution in [-0.4, -0.2) is 19.2 Å². The van der Waals surface area contributed by atoms with Crippen LogP contribution in [0.5, 0.6) is 5.75 Å². The van der Waals surface area contributed by atoms with Crippen molar-refractivity contribution in [1.29, 1.82) is 5.26 Å². The minimum atomic E-state index is -0.557. The van der Waals surface area contributed by atoms with Crippen LogP contribution in [0.1, 0.15) is 26.3 Å². The topological polar surface area (TPSA) is 45.0 Å². The predicted molar refractivity (Wildman–Crippen MR) is 73.6 cm³/mol. The zero-order valence-electron chi connectivity index (χ0n) is 11.7. The fraction of sp³-hybridized carbons (Fsp3) is 0.533. The first kappa shape index (κ1) is 14.5. The number of ether oxygens (including phenoxy) is 1. The summed E-state index contributed by atoms with van der Waals surface area (Å²) in [4.78, 5) is 0. The highest BCUT2D eigenvalue weighted by Gasteiger charge is 2.25. The van der Waals surface area contributed by atoms with E-state index >= 15 is 0 Å². The quantitative estimate of drug-likeness (QED) is 0.839. The Morgan fingerprint density at radius 3 is 2.61 bits per heavy atom. The molecule has 0 spiro atoms. The van der Waals surface area contributed by atoms with E-state index in [-0.39, 0.29) is 0 Å². The van der Waals surface area contributed by atoms with E-state index in [1.807, 2.05) is 31.2 Å². The van der Waals surface area contributed by atoms with Gasteiger partial charge in [-0.3, -0.25) is 5.32 Å². The van der Waals surface area contributed by atoms with Gasteiger partial charge in [0.15, 0.2) is 0 Å². The number of hydrogen-bond donors (Lipinski definition) is 1. The minimum absolute atomic E-state index is 0.523. The molecule has 98 valence electrons. The van der Waals surface area contributed by atoms with E-state index in [9.17, 15) is 5.26 Å². The Morgan fingerprint density at radius 1 is 1.39 bits per heavy atom. The number of nitrogens with zero attached hydrogens (tertiary/aromatic N) is 1. The molecular formula is C15H22N2O. The second-order valence-corrected chi connectivity index (χ2v) is 5.21. The van der Waals surface area contributed by atoms with Gasteiger partial charge in [-0.2, -0.15) is 5.26 Å². The molecular weight excluding hydrogens is 224 g/mol. The fourth-order valence-electron chi connectivity index (χ4n) is 1.80. The maximum Gasteiger partial charge on any atom is 0.122 e. The molecule has 0 amide bonds. The van der Waals surface area contributed by atoms with E-state index in [0.29, 0.717) is 12.3 Å². The molecule has 0 saturated carbocycles. The smallest absolute Gasteiger partial charge is 0.122 e. The van der Waals surface area contributed by atoms with Crippen LogP contribution >= 0.6 is 0 Å². The van der Waals surface area contributed by atoms with Crippen molar-refractivity contribution in [3.63, 3.8) is 0 Å². The van der Waals surface area contributed by atoms with E-state index < -0.39 is 5.54 Å². The summed E-state index contributed by atoms with van der Waals surface area (Å²) in [5.74, 6) is 1.36. The third kappa shape index (κ3) is 4.05. The highest BCUT2D eigenvalue weighted by atomic mass is 16.5. The van der Waals surface area contributed by atoms with E-state index in [4.69, 9.17) is 4.74 Å². The molecule has 1 aromatic rings. The Morgan fingerprint density at radius 2 is 2.06 bits per heavy atom. The lowest BCUT2D eigenvalue weighted by atomic mass is 9.93. The third-order valence-electron chi connectivity index (χ3n) is 2.88. The van der Waals surface area contributed by atoms with Gasteiger partial charge in [0, 0.05) is 6.42 Å². The first-order valence-electron chi connectivity index (χ1n) is 6.29. The lowest BCUT2D eigenvalue weighted by Crippen LogP contribution is -2.44. The summed E-state index contributed by atoms with van der Waals surface area (Å²) in [6.07, 6.45) is 0.639. The van der Waals surface area contributed by atoms with Gasteiger partial charge in [0.05, 0.1) is 13.2 Å². The number of rotatable bonds is 6. The Labute approximate surface area is 110 Å². The molecule has 0 aliphatic carbocycles. The molecule has 0 aromatic heterocycles. The molecule has 1 unspecified atom stereocenters. The van der Waals surface area contributed by atoms with Gasteiger partial charge in [0.2, 0.25) is 0 Å². The first-order valence-corrected chi connectivity index (χ1v) is 6.29. The highest BCUT2D eigenvalue weighted by Crippen LogP contribution is 2.22. The molecule has 18 heavy (non-hydrogen) atoms. The standard InChI is InChI=1S/C15H22N2O/c1-12(2)10-17-15(3,11-16)9-13-7-5-6-8-14(13)18-4/h5-8,12,17H,9-10H2,1-4H3. The van der Waals surface area contributed by atoms with Crippen LogP contribution in [0.25, 0.3) is 0 Å². The van der Waals surface area contributed by atoms with Crippen molar-refractivity contribution in [2.24, 2.45) is 5.92 Å². The molecule has 1 rings (SSSR count). The molecule has 0 heterocycles. The van der Waals surface area contributed by atoms with Crippen molar-refractivity contribution in [2.75, 3.05) is 13.7 Å². The second kappa shape index (κ2) is 6.42. The lowest BCUT2D eigenvalue weighted by Gasteiger charge is -2.25. The van der Waals surface area contributed by atoms with Crippen molar-refractivity contribution in [1.82, 2.24) is 5.32 Å². The molecule has 0 aliphatic rings. The van der Waals surface area contributed by atoms with Crippen LogP contribution < -0.4 is 10.1 Å². The van der Waals surface area contributed by atoms with Crippen LogP contribution in [0.3, 0.4) is 0 Å². The molecule has 3 heteroatoms. The number of nitrogens with one attached hydrogen (secondary N) is 1. The van der Waals surface area contributed by atoms with Crippen molar-refractivity contribution in [3.8, 4) is 11.8 Å². The average Bonchev–Trinajstić information content (AvgIpc) is 2.37. The molecule has 3 nitrogen and oxygen atoms in total. The lowest BCUT2D eigenvalue weighted by molar-refractivity contribution is 0.385. The number of benzene rings is 1. The molecule has 0 bridgehead atoms. The van der Waals surface area contributed by atoms with Crippen molar-refractivity contribution >= 4 is 0 Å². The zero-order chi connectivity index (χ0) is 13.6. The first-order chi connectivity index (χ1) is 8.50. The third-order valence-corrected chi connectivity index (χ3v) is 2.88. The zero-order valence-corrected chi connectivity index (χ0v) is 11.7. The SMILES string of the molecule is COc1ccccc1CC(C)(C#N)NCC(C)C. The summed E-state index contributed by atoms with van der Waals surface area (Å²) in [6, 6.07) is 10.2. The number of hydrogen-bond acceptors (Lipinski definition) is 3. The monoisotopic (exact) mass is 246 g/mol. The molecule has 0 aliphatic heterocycles. The summed E-state index contributed by atoms with van der Waals surface area (Å²) < 4.78 is 5.32. The highest BCUT2D eigenvalue weighted by molar-refractivity contribution is 5.35. The Bertz CT molecular complexity index is 423. The van der Waals surface area contributed by atoms with Crippen molar-refractivity contribution in [3.05, 3.63) is 29.8 Å². The second-order valence-electron chi connectivity index (χ2n) is 5.21. The average molecular weight is 246 g/mol. The van der Waals surface area contributed by atoms with Gasteiger partial charge < -0.3 is 4.74 Å². The van der Waals surface area contributed by atoms with Crippen LogP contribution in [-0.2, 0) is 6.42 Å². The maximum atomic E-state index is 9.37. The van der Waals surface area contributed by atoms with Crippen LogP contribution in [0, 0.1) is 17.2 Å². The van der Waals surface area contributed by atoms with Crippen molar-refractivity contribution < 1.29 is 4.74 Å². The fourth-order valence-corrected chi connectivity index (χ4v) is 1.80. The van der Waals surface area contributed by atoms with Gasteiger partial charge in [-0.25, -0.2) is 0 Å². The molecule has 0 fully saturated rings. The molecule has 1 aromatic carbocycles. The number of para-hydroxylation sites is 1. The van der Waals surface area contributed by atoms with Crippen LogP contribution in [0.15, 0.2) is 24.3 Å². The normalized spacial score (nSPS) is 14.0. The Balaban J connectivity index is 2.82. The molecule has 0 radical (unpaired) electrons. The molecule has 0 saturated heterocycles. The summed E-state index contributed by atoms with van der Waals surface area (Å²) in [5.41, 5.74) is 0.499. The Hall–Kier alpha value is -1.53. The summed E-state index contributed by atoms with van der Waals surface area (Å²) in [7, 11) is 1.66. The summed E-state index contributed by atoms with van der Waals surface area (Å²) >= 11 is 0.